The van der Waals surface area contributed by atoms with Crippen LogP contribution in [0.15, 0.2) is 10.9 Å². The lowest BCUT2D eigenvalue weighted by atomic mass is 10.3. The molecule has 0 aromatic carbocycles. The first-order chi connectivity index (χ1) is 8.76. The standard InChI is InChI=1S/C10H11N5O2S/c1-16-9-8(12)6(4-11)18-10(9)13-3-2-7-14-5-15-17-7/h5,13H,2-3,12H2,1H3. The van der Waals surface area contributed by atoms with Gasteiger partial charge in [0.15, 0.2) is 12.1 Å². The lowest BCUT2D eigenvalue weighted by molar-refractivity contribution is 0.379. The first-order valence-corrected chi connectivity index (χ1v) is 5.93. The van der Waals surface area contributed by atoms with Crippen LogP contribution in [0.1, 0.15) is 10.8 Å². The summed E-state index contributed by atoms with van der Waals surface area (Å²) in [5.41, 5.74) is 6.14. The Bertz CT molecular complexity index is 558. The summed E-state index contributed by atoms with van der Waals surface area (Å²) in [6.07, 6.45) is 1.94. The SMILES string of the molecule is COc1c(NCCc2ncno2)sc(C#N)c1N. The molecule has 0 fully saturated rings. The Morgan fingerprint density at radius 3 is 3.11 bits per heavy atom. The molecule has 0 bridgehead atoms. The van der Waals surface area contributed by atoms with Crippen molar-refractivity contribution in [2.45, 2.75) is 6.42 Å². The number of methoxy groups -OCH3 is 1. The summed E-state index contributed by atoms with van der Waals surface area (Å²) in [4.78, 5) is 4.34. The van der Waals surface area contributed by atoms with E-state index in [-0.39, 0.29) is 0 Å². The van der Waals surface area contributed by atoms with Crippen LogP contribution in [0.2, 0.25) is 0 Å². The minimum Gasteiger partial charge on any atom is -0.492 e. The van der Waals surface area contributed by atoms with E-state index in [9.17, 15) is 0 Å². The van der Waals surface area contributed by atoms with E-state index in [1.165, 1.54) is 24.8 Å². The molecule has 3 N–H and O–H groups in total. The van der Waals surface area contributed by atoms with Gasteiger partial charge in [-0.3, -0.25) is 0 Å². The maximum Gasteiger partial charge on any atom is 0.228 e. The van der Waals surface area contributed by atoms with E-state index in [4.69, 9.17) is 20.3 Å². The van der Waals surface area contributed by atoms with Crippen molar-refractivity contribution in [3.63, 3.8) is 0 Å². The number of hydrogen-bond donors (Lipinski definition) is 2. The van der Waals surface area contributed by atoms with Gasteiger partial charge >= 0.3 is 0 Å². The van der Waals surface area contributed by atoms with Crippen molar-refractivity contribution >= 4 is 22.0 Å². The van der Waals surface area contributed by atoms with E-state index < -0.39 is 0 Å². The normalized spacial score (nSPS) is 10.0. The van der Waals surface area contributed by atoms with Crippen molar-refractivity contribution in [2.75, 3.05) is 24.7 Å². The highest BCUT2D eigenvalue weighted by Gasteiger charge is 2.16. The third kappa shape index (κ3) is 2.36. The number of hydrogen-bond acceptors (Lipinski definition) is 8. The van der Waals surface area contributed by atoms with Gasteiger partial charge in [-0.1, -0.05) is 5.16 Å². The second-order valence-corrected chi connectivity index (χ2v) is 4.35. The largest absolute Gasteiger partial charge is 0.492 e. The lowest BCUT2D eigenvalue weighted by Gasteiger charge is -2.05. The van der Waals surface area contributed by atoms with Gasteiger partial charge in [0.1, 0.15) is 21.6 Å². The van der Waals surface area contributed by atoms with Crippen LogP contribution < -0.4 is 15.8 Å². The highest BCUT2D eigenvalue weighted by molar-refractivity contribution is 7.17. The number of nitrogen functional groups attached to an aromatic ring is 1. The monoisotopic (exact) mass is 265 g/mol. The van der Waals surface area contributed by atoms with E-state index in [0.29, 0.717) is 35.2 Å². The smallest absolute Gasteiger partial charge is 0.228 e. The van der Waals surface area contributed by atoms with Crippen LogP contribution in [0.4, 0.5) is 10.7 Å². The van der Waals surface area contributed by atoms with Gasteiger partial charge < -0.3 is 20.3 Å². The third-order valence-corrected chi connectivity index (χ3v) is 3.29. The van der Waals surface area contributed by atoms with Crippen LogP contribution in [0, 0.1) is 11.3 Å². The molecule has 0 saturated carbocycles. The molecule has 2 aromatic heterocycles. The topological polar surface area (TPSA) is 110 Å². The van der Waals surface area contributed by atoms with Gasteiger partial charge in [0.2, 0.25) is 5.89 Å². The zero-order valence-corrected chi connectivity index (χ0v) is 10.5. The molecule has 94 valence electrons. The Morgan fingerprint density at radius 1 is 1.67 bits per heavy atom. The predicted molar refractivity (Wildman–Crippen MR) is 66.5 cm³/mol. The first-order valence-electron chi connectivity index (χ1n) is 5.12. The van der Waals surface area contributed by atoms with E-state index >= 15 is 0 Å². The summed E-state index contributed by atoms with van der Waals surface area (Å²) in [5.74, 6) is 1.05. The Labute approximate surface area is 107 Å². The lowest BCUT2D eigenvalue weighted by Crippen LogP contribution is -2.04. The fourth-order valence-electron chi connectivity index (χ4n) is 1.42. The maximum absolute atomic E-state index is 8.89. The highest BCUT2D eigenvalue weighted by Crippen LogP contribution is 2.41. The number of nitrogens with zero attached hydrogens (tertiary/aromatic N) is 3. The molecular formula is C10H11N5O2S. The average Bonchev–Trinajstić information content (AvgIpc) is 2.97. The summed E-state index contributed by atoms with van der Waals surface area (Å²) in [5, 5.41) is 16.3. The average molecular weight is 265 g/mol. The molecule has 0 aliphatic rings. The number of nitrogens with one attached hydrogen (secondary N) is 1. The Balaban J connectivity index is 2.03. The summed E-state index contributed by atoms with van der Waals surface area (Å²) >= 11 is 1.26. The Hall–Kier alpha value is -2.27. The van der Waals surface area contributed by atoms with Crippen molar-refractivity contribution in [3.8, 4) is 11.8 Å². The zero-order valence-electron chi connectivity index (χ0n) is 9.64. The van der Waals surface area contributed by atoms with Gasteiger partial charge in [-0.05, 0) is 0 Å². The first kappa shape index (κ1) is 12.2. The maximum atomic E-state index is 8.89. The molecule has 8 heteroatoms. The van der Waals surface area contributed by atoms with Crippen molar-refractivity contribution in [3.05, 3.63) is 17.1 Å². The van der Waals surface area contributed by atoms with Gasteiger partial charge in [0, 0.05) is 13.0 Å². The van der Waals surface area contributed by atoms with Crippen molar-refractivity contribution in [2.24, 2.45) is 0 Å². The molecule has 0 unspecified atom stereocenters. The minimum absolute atomic E-state index is 0.366. The fraction of sp³-hybridized carbons (Fsp3) is 0.300. The van der Waals surface area contributed by atoms with Gasteiger partial charge in [0.25, 0.3) is 0 Å². The molecule has 18 heavy (non-hydrogen) atoms. The molecule has 0 saturated heterocycles. The molecule has 2 rings (SSSR count). The quantitative estimate of drug-likeness (QED) is 0.836. The van der Waals surface area contributed by atoms with Gasteiger partial charge in [-0.15, -0.1) is 11.3 Å². The number of ether oxygens (including phenoxy) is 1. The molecule has 0 radical (unpaired) electrons. The summed E-state index contributed by atoms with van der Waals surface area (Å²) in [7, 11) is 1.52. The van der Waals surface area contributed by atoms with Gasteiger partial charge in [-0.25, -0.2) is 0 Å². The van der Waals surface area contributed by atoms with Crippen LogP contribution in [-0.4, -0.2) is 23.8 Å². The van der Waals surface area contributed by atoms with E-state index in [1.807, 2.05) is 6.07 Å². The molecule has 7 nitrogen and oxygen atoms in total. The number of thiophene rings is 1. The number of aromatic nitrogens is 2. The third-order valence-electron chi connectivity index (χ3n) is 2.24. The van der Waals surface area contributed by atoms with Crippen molar-refractivity contribution in [1.82, 2.24) is 10.1 Å². The number of nitriles is 1. The molecule has 0 spiro atoms. The summed E-state index contributed by atoms with van der Waals surface area (Å²) in [6, 6.07) is 2.03. The summed E-state index contributed by atoms with van der Waals surface area (Å²) < 4.78 is 10.0. The van der Waals surface area contributed by atoms with E-state index in [2.05, 4.69) is 15.5 Å². The second kappa shape index (κ2) is 5.37. The van der Waals surface area contributed by atoms with Crippen LogP contribution >= 0.6 is 11.3 Å². The summed E-state index contributed by atoms with van der Waals surface area (Å²) in [6.45, 7) is 0.587. The number of rotatable bonds is 5. The van der Waals surface area contributed by atoms with Crippen molar-refractivity contribution < 1.29 is 9.26 Å². The molecule has 2 heterocycles. The van der Waals surface area contributed by atoms with Crippen LogP contribution in [0.5, 0.6) is 5.75 Å². The molecule has 0 amide bonds. The molecule has 2 aromatic rings. The van der Waals surface area contributed by atoms with E-state index in [1.54, 1.807) is 0 Å². The number of nitrogens with two attached hydrogens (primary N) is 1. The van der Waals surface area contributed by atoms with Crippen LogP contribution in [0.3, 0.4) is 0 Å². The second-order valence-electron chi connectivity index (χ2n) is 3.33. The zero-order chi connectivity index (χ0) is 13.0. The van der Waals surface area contributed by atoms with Crippen LogP contribution in [-0.2, 0) is 6.42 Å². The van der Waals surface area contributed by atoms with Crippen molar-refractivity contribution in [1.29, 1.82) is 5.26 Å². The molecule has 0 atom stereocenters. The number of anilines is 2. The molecule has 0 aliphatic heterocycles. The van der Waals surface area contributed by atoms with Crippen LogP contribution in [0.25, 0.3) is 0 Å². The fourth-order valence-corrected chi connectivity index (χ4v) is 2.33. The minimum atomic E-state index is 0.366. The predicted octanol–water partition coefficient (Wildman–Crippen LogP) is 1.25. The van der Waals surface area contributed by atoms with Gasteiger partial charge in [-0.2, -0.15) is 10.2 Å². The Kier molecular flexibility index (Phi) is 3.64. The Morgan fingerprint density at radius 2 is 2.50 bits per heavy atom. The molecule has 0 aliphatic carbocycles. The molecular weight excluding hydrogens is 254 g/mol. The van der Waals surface area contributed by atoms with E-state index in [0.717, 1.165) is 5.00 Å². The highest BCUT2D eigenvalue weighted by atomic mass is 32.1. The van der Waals surface area contributed by atoms with Gasteiger partial charge in [0.05, 0.1) is 7.11 Å².